The Kier molecular flexibility index (Phi) is 3.85. The van der Waals surface area contributed by atoms with Crippen LogP contribution < -0.4 is 10.6 Å². The molecule has 2 aromatic rings. The zero-order valence-corrected chi connectivity index (χ0v) is 11.4. The van der Waals surface area contributed by atoms with Crippen LogP contribution in [0.15, 0.2) is 30.3 Å². The first-order chi connectivity index (χ1) is 9.04. The van der Waals surface area contributed by atoms with E-state index in [9.17, 15) is 4.79 Å². The molecule has 0 saturated carbocycles. The van der Waals surface area contributed by atoms with Crippen LogP contribution in [0.1, 0.15) is 16.8 Å². The lowest BCUT2D eigenvalue weighted by molar-refractivity contribution is 0.251. The lowest BCUT2D eigenvalue weighted by atomic mass is 10.1. The quantitative estimate of drug-likeness (QED) is 0.888. The maximum atomic E-state index is 11.7. The highest BCUT2D eigenvalue weighted by Gasteiger charge is 2.05. The van der Waals surface area contributed by atoms with Gasteiger partial charge in [0, 0.05) is 25.4 Å². The van der Waals surface area contributed by atoms with Gasteiger partial charge >= 0.3 is 6.03 Å². The lowest BCUT2D eigenvalue weighted by Crippen LogP contribution is -2.28. The lowest BCUT2D eigenvalue weighted by Gasteiger charge is -2.05. The molecule has 1 aromatic carbocycles. The van der Waals surface area contributed by atoms with Crippen LogP contribution in [0.2, 0.25) is 0 Å². The van der Waals surface area contributed by atoms with Gasteiger partial charge in [-0.3, -0.25) is 10.00 Å². The fourth-order valence-corrected chi connectivity index (χ4v) is 1.67. The highest BCUT2D eigenvalue weighted by atomic mass is 16.2. The first kappa shape index (κ1) is 13.1. The predicted molar refractivity (Wildman–Crippen MR) is 75.0 cm³/mol. The van der Waals surface area contributed by atoms with Gasteiger partial charge in [-0.15, -0.1) is 0 Å². The van der Waals surface area contributed by atoms with E-state index in [1.807, 2.05) is 51.2 Å². The number of nitrogens with zero attached hydrogens (tertiary/aromatic N) is 2. The van der Waals surface area contributed by atoms with E-state index < -0.39 is 0 Å². The number of benzene rings is 1. The second kappa shape index (κ2) is 5.56. The molecule has 0 aliphatic rings. The molecule has 100 valence electrons. The fraction of sp³-hybridized carbons (Fsp3) is 0.286. The second-order valence-electron chi connectivity index (χ2n) is 4.59. The summed E-state index contributed by atoms with van der Waals surface area (Å²) in [5.41, 5.74) is 3.27. The molecule has 0 bridgehead atoms. The van der Waals surface area contributed by atoms with E-state index in [4.69, 9.17) is 0 Å². The number of rotatable bonds is 3. The zero-order chi connectivity index (χ0) is 13.8. The second-order valence-corrected chi connectivity index (χ2v) is 4.59. The van der Waals surface area contributed by atoms with Crippen LogP contribution in [0.5, 0.6) is 0 Å². The standard InChI is InChI=1S/C14H18N4O/c1-10-4-6-12(7-5-10)9-15-14(19)16-13-8-11(2)18(3)17-13/h4-8H,9H2,1-3H3,(H2,15,16,17,19). The summed E-state index contributed by atoms with van der Waals surface area (Å²) in [6, 6.07) is 9.62. The maximum absolute atomic E-state index is 11.7. The van der Waals surface area contributed by atoms with Gasteiger partial charge in [0.1, 0.15) is 0 Å². The topological polar surface area (TPSA) is 59.0 Å². The molecule has 0 aliphatic carbocycles. The maximum Gasteiger partial charge on any atom is 0.320 e. The Labute approximate surface area is 112 Å². The minimum absolute atomic E-state index is 0.251. The Bertz CT molecular complexity index is 552. The molecular weight excluding hydrogens is 240 g/mol. The van der Waals surface area contributed by atoms with Gasteiger partial charge in [0.2, 0.25) is 0 Å². The highest BCUT2D eigenvalue weighted by Crippen LogP contribution is 2.06. The molecule has 2 rings (SSSR count). The number of hydrogen-bond acceptors (Lipinski definition) is 2. The van der Waals surface area contributed by atoms with Crippen molar-refractivity contribution in [1.82, 2.24) is 15.1 Å². The minimum atomic E-state index is -0.251. The van der Waals surface area contributed by atoms with Gasteiger partial charge in [-0.1, -0.05) is 29.8 Å². The average molecular weight is 258 g/mol. The van der Waals surface area contributed by atoms with E-state index in [1.165, 1.54) is 5.56 Å². The smallest absolute Gasteiger partial charge is 0.320 e. The highest BCUT2D eigenvalue weighted by molar-refractivity contribution is 5.88. The van der Waals surface area contributed by atoms with Gasteiger partial charge in [0.25, 0.3) is 0 Å². The van der Waals surface area contributed by atoms with E-state index in [-0.39, 0.29) is 6.03 Å². The number of nitrogens with one attached hydrogen (secondary N) is 2. The number of anilines is 1. The molecule has 0 fully saturated rings. The number of amides is 2. The molecule has 5 heteroatoms. The predicted octanol–water partition coefficient (Wildman–Crippen LogP) is 2.36. The molecule has 0 saturated heterocycles. The van der Waals surface area contributed by atoms with Crippen LogP contribution in [0.4, 0.5) is 10.6 Å². The molecule has 1 heterocycles. The first-order valence-electron chi connectivity index (χ1n) is 6.15. The Morgan fingerprint density at radius 1 is 1.26 bits per heavy atom. The first-order valence-corrected chi connectivity index (χ1v) is 6.15. The summed E-state index contributed by atoms with van der Waals surface area (Å²) in [5, 5.41) is 9.66. The van der Waals surface area contributed by atoms with E-state index >= 15 is 0 Å². The molecule has 0 spiro atoms. The molecule has 0 aliphatic heterocycles. The molecule has 19 heavy (non-hydrogen) atoms. The van der Waals surface area contributed by atoms with Gasteiger partial charge in [0.15, 0.2) is 5.82 Å². The monoisotopic (exact) mass is 258 g/mol. The van der Waals surface area contributed by atoms with Crippen LogP contribution in [-0.4, -0.2) is 15.8 Å². The van der Waals surface area contributed by atoms with Crippen LogP contribution in [0.3, 0.4) is 0 Å². The molecule has 5 nitrogen and oxygen atoms in total. The number of carbonyl (C=O) groups excluding carboxylic acids is 1. The van der Waals surface area contributed by atoms with E-state index in [0.717, 1.165) is 11.3 Å². The Hall–Kier alpha value is -2.30. The molecule has 0 atom stereocenters. The zero-order valence-electron chi connectivity index (χ0n) is 11.4. The number of carbonyl (C=O) groups is 1. The number of aryl methyl sites for hydroxylation is 3. The number of urea groups is 1. The van der Waals surface area contributed by atoms with Crippen molar-refractivity contribution >= 4 is 11.8 Å². The molecule has 2 N–H and O–H groups in total. The Balaban J connectivity index is 1.86. The van der Waals surface area contributed by atoms with Crippen molar-refractivity contribution in [2.45, 2.75) is 20.4 Å². The van der Waals surface area contributed by atoms with Crippen LogP contribution in [-0.2, 0) is 13.6 Å². The summed E-state index contributed by atoms with van der Waals surface area (Å²) in [5.74, 6) is 0.557. The van der Waals surface area contributed by atoms with Crippen LogP contribution >= 0.6 is 0 Å². The SMILES string of the molecule is Cc1ccc(CNC(=O)Nc2cc(C)n(C)n2)cc1. The van der Waals surface area contributed by atoms with Gasteiger partial charge < -0.3 is 5.32 Å². The summed E-state index contributed by atoms with van der Waals surface area (Å²) in [6.45, 7) is 4.47. The van der Waals surface area contributed by atoms with Crippen molar-refractivity contribution in [3.8, 4) is 0 Å². The van der Waals surface area contributed by atoms with Gasteiger partial charge in [0.05, 0.1) is 0 Å². The van der Waals surface area contributed by atoms with E-state index in [1.54, 1.807) is 4.68 Å². The third-order valence-corrected chi connectivity index (χ3v) is 2.93. The van der Waals surface area contributed by atoms with Crippen molar-refractivity contribution in [2.24, 2.45) is 7.05 Å². The largest absolute Gasteiger partial charge is 0.334 e. The summed E-state index contributed by atoms with van der Waals surface area (Å²) in [4.78, 5) is 11.7. The number of hydrogen-bond donors (Lipinski definition) is 2. The van der Waals surface area contributed by atoms with Crippen LogP contribution in [0.25, 0.3) is 0 Å². The van der Waals surface area contributed by atoms with Crippen molar-refractivity contribution in [3.05, 3.63) is 47.2 Å². The van der Waals surface area contributed by atoms with Gasteiger partial charge in [-0.25, -0.2) is 4.79 Å². The summed E-state index contributed by atoms with van der Waals surface area (Å²) < 4.78 is 1.72. The van der Waals surface area contributed by atoms with Crippen molar-refractivity contribution in [3.63, 3.8) is 0 Å². The molecular formula is C14H18N4O. The molecule has 1 aromatic heterocycles. The molecule has 2 amide bonds. The van der Waals surface area contributed by atoms with Gasteiger partial charge in [-0.05, 0) is 19.4 Å². The third-order valence-electron chi connectivity index (χ3n) is 2.93. The van der Waals surface area contributed by atoms with Crippen LogP contribution in [0, 0.1) is 13.8 Å². The normalized spacial score (nSPS) is 10.3. The van der Waals surface area contributed by atoms with Crippen molar-refractivity contribution in [1.29, 1.82) is 0 Å². The van der Waals surface area contributed by atoms with E-state index in [0.29, 0.717) is 12.4 Å². The van der Waals surface area contributed by atoms with E-state index in [2.05, 4.69) is 15.7 Å². The summed E-state index contributed by atoms with van der Waals surface area (Å²) in [6.07, 6.45) is 0. The average Bonchev–Trinajstić information content (AvgIpc) is 2.67. The Morgan fingerprint density at radius 3 is 2.53 bits per heavy atom. The van der Waals surface area contributed by atoms with Crippen molar-refractivity contribution in [2.75, 3.05) is 5.32 Å². The number of aromatic nitrogens is 2. The fourth-order valence-electron chi connectivity index (χ4n) is 1.67. The summed E-state index contributed by atoms with van der Waals surface area (Å²) >= 11 is 0. The van der Waals surface area contributed by atoms with Crippen molar-refractivity contribution < 1.29 is 4.79 Å². The summed E-state index contributed by atoms with van der Waals surface area (Å²) in [7, 11) is 1.84. The third kappa shape index (κ3) is 3.58. The molecule has 0 radical (unpaired) electrons. The van der Waals surface area contributed by atoms with Gasteiger partial charge in [-0.2, -0.15) is 5.10 Å². The minimum Gasteiger partial charge on any atom is -0.334 e. The Morgan fingerprint density at radius 2 is 1.95 bits per heavy atom. The molecule has 0 unspecified atom stereocenters.